The van der Waals surface area contributed by atoms with Gasteiger partial charge in [0.05, 0.1) is 11.9 Å². The first kappa shape index (κ1) is 10.9. The van der Waals surface area contributed by atoms with E-state index >= 15 is 0 Å². The van der Waals surface area contributed by atoms with Crippen molar-refractivity contribution in [1.82, 2.24) is 9.97 Å². The molecule has 0 aliphatic carbocycles. The maximum atomic E-state index is 6.18. The molecule has 4 nitrogen and oxygen atoms in total. The molecule has 0 aliphatic rings. The minimum atomic E-state index is -0.383. The van der Waals surface area contributed by atoms with E-state index in [4.69, 9.17) is 10.2 Å². The zero-order valence-corrected chi connectivity index (χ0v) is 10.00. The first-order valence-electron chi connectivity index (χ1n) is 5.77. The Bertz CT molecular complexity index is 676. The molecular weight excluding hydrogens is 226 g/mol. The third-order valence-corrected chi connectivity index (χ3v) is 3.06. The smallest absolute Gasteiger partial charge is 0.134 e. The summed E-state index contributed by atoms with van der Waals surface area (Å²) in [6.07, 6.45) is 4.92. The molecule has 2 aromatic heterocycles. The maximum absolute atomic E-state index is 6.18. The fourth-order valence-corrected chi connectivity index (χ4v) is 2.10. The Hall–Kier alpha value is -2.20. The van der Waals surface area contributed by atoms with E-state index in [1.165, 1.54) is 0 Å². The Morgan fingerprint density at radius 3 is 2.78 bits per heavy atom. The molecule has 2 N–H and O–H groups in total. The van der Waals surface area contributed by atoms with Crippen molar-refractivity contribution >= 4 is 11.0 Å². The summed E-state index contributed by atoms with van der Waals surface area (Å²) >= 11 is 0. The number of fused-ring (bicyclic) bond motifs is 1. The van der Waals surface area contributed by atoms with Gasteiger partial charge in [0.15, 0.2) is 0 Å². The highest BCUT2D eigenvalue weighted by Crippen LogP contribution is 2.30. The van der Waals surface area contributed by atoms with Crippen molar-refractivity contribution in [2.24, 2.45) is 5.73 Å². The number of furan rings is 1. The van der Waals surface area contributed by atoms with Crippen molar-refractivity contribution in [3.63, 3.8) is 0 Å². The quantitative estimate of drug-likeness (QED) is 0.746. The van der Waals surface area contributed by atoms with Gasteiger partial charge in [-0.05, 0) is 13.0 Å². The van der Waals surface area contributed by atoms with Crippen LogP contribution >= 0.6 is 0 Å². The van der Waals surface area contributed by atoms with Crippen LogP contribution in [0.4, 0.5) is 0 Å². The number of hydrogen-bond donors (Lipinski definition) is 1. The van der Waals surface area contributed by atoms with Gasteiger partial charge >= 0.3 is 0 Å². The van der Waals surface area contributed by atoms with E-state index in [1.54, 1.807) is 18.6 Å². The van der Waals surface area contributed by atoms with Gasteiger partial charge in [0.2, 0.25) is 0 Å². The average molecular weight is 239 g/mol. The molecule has 0 aliphatic heterocycles. The number of rotatable bonds is 2. The highest BCUT2D eigenvalue weighted by molar-refractivity contribution is 5.82. The van der Waals surface area contributed by atoms with Crippen LogP contribution in [0.15, 0.2) is 47.3 Å². The van der Waals surface area contributed by atoms with E-state index in [0.717, 1.165) is 22.3 Å². The van der Waals surface area contributed by atoms with Crippen LogP contribution in [0.2, 0.25) is 0 Å². The van der Waals surface area contributed by atoms with Crippen LogP contribution < -0.4 is 5.73 Å². The predicted octanol–water partition coefficient (Wildman–Crippen LogP) is 2.58. The lowest BCUT2D eigenvalue weighted by Gasteiger charge is -2.08. The number of nitrogens with two attached hydrogens (primary N) is 1. The van der Waals surface area contributed by atoms with Crippen molar-refractivity contribution in [1.29, 1.82) is 0 Å². The van der Waals surface area contributed by atoms with Gasteiger partial charge < -0.3 is 10.2 Å². The van der Waals surface area contributed by atoms with Crippen molar-refractivity contribution < 1.29 is 4.42 Å². The molecule has 1 unspecified atom stereocenters. The zero-order valence-electron chi connectivity index (χ0n) is 10.00. The average Bonchev–Trinajstić information content (AvgIpc) is 2.77. The number of para-hydroxylation sites is 1. The van der Waals surface area contributed by atoms with E-state index in [0.29, 0.717) is 5.69 Å². The van der Waals surface area contributed by atoms with Crippen LogP contribution in [0.1, 0.15) is 23.1 Å². The van der Waals surface area contributed by atoms with Crippen LogP contribution in [0.5, 0.6) is 0 Å². The van der Waals surface area contributed by atoms with Gasteiger partial charge in [0, 0.05) is 23.3 Å². The maximum Gasteiger partial charge on any atom is 0.134 e. The summed E-state index contributed by atoms with van der Waals surface area (Å²) in [5, 5.41) is 1.09. The summed E-state index contributed by atoms with van der Waals surface area (Å²) in [5.41, 5.74) is 8.80. The largest absolute Gasteiger partial charge is 0.459 e. The van der Waals surface area contributed by atoms with Gasteiger partial charge in [-0.3, -0.25) is 9.97 Å². The fraction of sp³-hybridized carbons (Fsp3) is 0.143. The lowest BCUT2D eigenvalue weighted by atomic mass is 10.1. The van der Waals surface area contributed by atoms with Crippen molar-refractivity contribution in [3.8, 4) is 0 Å². The van der Waals surface area contributed by atoms with Gasteiger partial charge in [-0.25, -0.2) is 0 Å². The first-order chi connectivity index (χ1) is 8.77. The molecule has 90 valence electrons. The highest BCUT2D eigenvalue weighted by atomic mass is 16.3. The molecular formula is C14H13N3O. The predicted molar refractivity (Wildman–Crippen MR) is 69.0 cm³/mol. The molecule has 0 saturated heterocycles. The van der Waals surface area contributed by atoms with E-state index in [1.807, 2.05) is 31.2 Å². The molecule has 0 spiro atoms. The fourth-order valence-electron chi connectivity index (χ4n) is 2.10. The number of benzene rings is 1. The van der Waals surface area contributed by atoms with E-state index in [9.17, 15) is 0 Å². The number of aromatic nitrogens is 2. The van der Waals surface area contributed by atoms with Crippen LogP contribution in [0.3, 0.4) is 0 Å². The Morgan fingerprint density at radius 1 is 1.22 bits per heavy atom. The molecule has 3 aromatic rings. The highest BCUT2D eigenvalue weighted by Gasteiger charge is 2.19. The zero-order chi connectivity index (χ0) is 12.5. The van der Waals surface area contributed by atoms with E-state index < -0.39 is 0 Å². The summed E-state index contributed by atoms with van der Waals surface area (Å²) in [4.78, 5) is 8.25. The minimum Gasteiger partial charge on any atom is -0.459 e. The second-order valence-electron chi connectivity index (χ2n) is 4.20. The molecule has 0 saturated carbocycles. The normalized spacial score (nSPS) is 12.8. The van der Waals surface area contributed by atoms with Gasteiger partial charge in [-0.2, -0.15) is 0 Å². The lowest BCUT2D eigenvalue weighted by molar-refractivity contribution is 0.516. The van der Waals surface area contributed by atoms with E-state index in [-0.39, 0.29) is 6.04 Å². The van der Waals surface area contributed by atoms with Crippen LogP contribution in [0.25, 0.3) is 11.0 Å². The minimum absolute atomic E-state index is 0.383. The third kappa shape index (κ3) is 1.67. The number of aryl methyl sites for hydroxylation is 1. The molecule has 4 heteroatoms. The molecule has 3 rings (SSSR count). The second kappa shape index (κ2) is 4.23. The second-order valence-corrected chi connectivity index (χ2v) is 4.20. The van der Waals surface area contributed by atoms with Crippen molar-refractivity contribution in [3.05, 3.63) is 59.9 Å². The van der Waals surface area contributed by atoms with Crippen molar-refractivity contribution in [2.75, 3.05) is 0 Å². The summed E-state index contributed by atoms with van der Waals surface area (Å²) in [5.74, 6) is 0.747. The molecule has 0 fully saturated rings. The molecule has 0 radical (unpaired) electrons. The molecule has 0 bridgehead atoms. The Kier molecular flexibility index (Phi) is 2.57. The Balaban J connectivity index is 2.12. The van der Waals surface area contributed by atoms with Gasteiger partial charge in [0.25, 0.3) is 0 Å². The van der Waals surface area contributed by atoms with Crippen LogP contribution in [0, 0.1) is 6.92 Å². The molecule has 18 heavy (non-hydrogen) atoms. The molecule has 1 atom stereocenters. The number of hydrogen-bond acceptors (Lipinski definition) is 4. The Morgan fingerprint density at radius 2 is 2.06 bits per heavy atom. The van der Waals surface area contributed by atoms with E-state index in [2.05, 4.69) is 9.97 Å². The summed E-state index contributed by atoms with van der Waals surface area (Å²) in [7, 11) is 0. The van der Waals surface area contributed by atoms with Crippen molar-refractivity contribution in [2.45, 2.75) is 13.0 Å². The van der Waals surface area contributed by atoms with Crippen LogP contribution in [-0.4, -0.2) is 9.97 Å². The number of nitrogens with zero attached hydrogens (tertiary/aromatic N) is 2. The van der Waals surface area contributed by atoms with Gasteiger partial charge in [-0.15, -0.1) is 0 Å². The summed E-state index contributed by atoms with van der Waals surface area (Å²) in [6.45, 7) is 2.01. The summed E-state index contributed by atoms with van der Waals surface area (Å²) < 4.78 is 5.82. The standard InChI is InChI=1S/C14H13N3O/c1-9-10-4-2-3-5-12(10)18-14(9)13(15)11-8-16-6-7-17-11/h2-8,13H,15H2,1H3. The summed E-state index contributed by atoms with van der Waals surface area (Å²) in [6, 6.07) is 7.52. The topological polar surface area (TPSA) is 64.9 Å². The van der Waals surface area contributed by atoms with Gasteiger partial charge in [0.1, 0.15) is 17.4 Å². The lowest BCUT2D eigenvalue weighted by Crippen LogP contribution is -2.13. The Labute approximate surface area is 104 Å². The third-order valence-electron chi connectivity index (χ3n) is 3.06. The molecule has 2 heterocycles. The SMILES string of the molecule is Cc1c(C(N)c2cnccn2)oc2ccccc12. The molecule has 0 amide bonds. The van der Waals surface area contributed by atoms with Crippen LogP contribution in [-0.2, 0) is 0 Å². The monoisotopic (exact) mass is 239 g/mol. The first-order valence-corrected chi connectivity index (χ1v) is 5.77. The molecule has 1 aromatic carbocycles. The van der Waals surface area contributed by atoms with Gasteiger partial charge in [-0.1, -0.05) is 18.2 Å².